The van der Waals surface area contributed by atoms with E-state index in [1.807, 2.05) is 7.05 Å². The van der Waals surface area contributed by atoms with Gasteiger partial charge in [0.2, 0.25) is 5.91 Å². The SMILES string of the molecule is CN1CCC(N(C)C(=O)C(C)(C)CC(=O)O)C1. The molecule has 0 radical (unpaired) electrons. The summed E-state index contributed by atoms with van der Waals surface area (Å²) in [5, 5.41) is 8.81. The van der Waals surface area contributed by atoms with Crippen molar-refractivity contribution in [3.05, 3.63) is 0 Å². The molecule has 1 N–H and O–H groups in total. The van der Waals surface area contributed by atoms with Gasteiger partial charge in [0.05, 0.1) is 11.8 Å². The Morgan fingerprint density at radius 2 is 2.06 bits per heavy atom. The van der Waals surface area contributed by atoms with Crippen molar-refractivity contribution in [3.8, 4) is 0 Å². The van der Waals surface area contributed by atoms with E-state index in [0.717, 1.165) is 19.5 Å². The Morgan fingerprint density at radius 3 is 2.47 bits per heavy atom. The highest BCUT2D eigenvalue weighted by Gasteiger charge is 2.36. The van der Waals surface area contributed by atoms with Crippen LogP contribution in [0, 0.1) is 5.41 Å². The van der Waals surface area contributed by atoms with Crippen LogP contribution in [0.4, 0.5) is 0 Å². The van der Waals surface area contributed by atoms with Crippen molar-refractivity contribution in [3.63, 3.8) is 0 Å². The highest BCUT2D eigenvalue weighted by Crippen LogP contribution is 2.25. The smallest absolute Gasteiger partial charge is 0.304 e. The van der Waals surface area contributed by atoms with E-state index in [9.17, 15) is 9.59 Å². The maximum atomic E-state index is 12.2. The standard InChI is InChI=1S/C12H22N2O3/c1-12(2,7-10(15)16)11(17)14(4)9-5-6-13(3)8-9/h9H,5-8H2,1-4H3,(H,15,16). The lowest BCUT2D eigenvalue weighted by Gasteiger charge is -2.32. The average molecular weight is 242 g/mol. The van der Waals surface area contributed by atoms with E-state index in [-0.39, 0.29) is 18.4 Å². The van der Waals surface area contributed by atoms with E-state index in [1.54, 1.807) is 25.8 Å². The van der Waals surface area contributed by atoms with Crippen molar-refractivity contribution in [1.29, 1.82) is 0 Å². The number of aliphatic carboxylic acids is 1. The van der Waals surface area contributed by atoms with E-state index in [0.29, 0.717) is 0 Å². The maximum Gasteiger partial charge on any atom is 0.304 e. The lowest BCUT2D eigenvalue weighted by Crippen LogP contribution is -2.46. The monoisotopic (exact) mass is 242 g/mol. The number of carboxylic acids is 1. The quantitative estimate of drug-likeness (QED) is 0.786. The van der Waals surface area contributed by atoms with Gasteiger partial charge in [-0.2, -0.15) is 0 Å². The van der Waals surface area contributed by atoms with Crippen LogP contribution < -0.4 is 0 Å². The summed E-state index contributed by atoms with van der Waals surface area (Å²) in [6.07, 6.45) is 0.834. The lowest BCUT2D eigenvalue weighted by atomic mass is 9.87. The third-order valence-electron chi connectivity index (χ3n) is 3.41. The molecule has 1 atom stereocenters. The predicted octanol–water partition coefficient (Wildman–Crippen LogP) is 0.650. The van der Waals surface area contributed by atoms with E-state index < -0.39 is 11.4 Å². The van der Waals surface area contributed by atoms with Crippen LogP contribution in [0.5, 0.6) is 0 Å². The van der Waals surface area contributed by atoms with Gasteiger partial charge in [-0.3, -0.25) is 9.59 Å². The third kappa shape index (κ3) is 3.43. The lowest BCUT2D eigenvalue weighted by molar-refractivity contribution is -0.149. The first-order valence-electron chi connectivity index (χ1n) is 5.91. The third-order valence-corrected chi connectivity index (χ3v) is 3.41. The second kappa shape index (κ2) is 5.04. The summed E-state index contributed by atoms with van der Waals surface area (Å²) in [6.45, 7) is 5.24. The maximum absolute atomic E-state index is 12.2. The van der Waals surface area contributed by atoms with Crippen LogP contribution in [0.3, 0.4) is 0 Å². The molecule has 0 saturated carbocycles. The highest BCUT2D eigenvalue weighted by atomic mass is 16.4. The molecule has 1 amide bonds. The topological polar surface area (TPSA) is 60.9 Å². The van der Waals surface area contributed by atoms with Crippen molar-refractivity contribution in [2.24, 2.45) is 5.41 Å². The van der Waals surface area contributed by atoms with Gasteiger partial charge in [0.25, 0.3) is 0 Å². The molecule has 5 heteroatoms. The van der Waals surface area contributed by atoms with Crippen molar-refractivity contribution in [1.82, 2.24) is 9.80 Å². The normalized spacial score (nSPS) is 21.5. The van der Waals surface area contributed by atoms with Crippen molar-refractivity contribution < 1.29 is 14.7 Å². The summed E-state index contributed by atoms with van der Waals surface area (Å²) in [4.78, 5) is 26.9. The summed E-state index contributed by atoms with van der Waals surface area (Å²) in [5.41, 5.74) is -0.832. The molecule has 1 rings (SSSR count). The Bertz CT molecular complexity index is 315. The van der Waals surface area contributed by atoms with Crippen molar-refractivity contribution >= 4 is 11.9 Å². The molecule has 0 bridgehead atoms. The molecule has 5 nitrogen and oxygen atoms in total. The highest BCUT2D eigenvalue weighted by molar-refractivity contribution is 5.86. The minimum absolute atomic E-state index is 0.0831. The molecular weight excluding hydrogens is 220 g/mol. The molecule has 0 aliphatic carbocycles. The van der Waals surface area contributed by atoms with Crippen LogP contribution in [-0.2, 0) is 9.59 Å². The van der Waals surface area contributed by atoms with Crippen molar-refractivity contribution in [2.45, 2.75) is 32.7 Å². The zero-order chi connectivity index (χ0) is 13.2. The second-order valence-electron chi connectivity index (χ2n) is 5.58. The number of likely N-dealkylation sites (tertiary alicyclic amines) is 1. The molecule has 1 saturated heterocycles. The summed E-state index contributed by atoms with van der Waals surface area (Å²) in [5.74, 6) is -1.01. The molecule has 0 aromatic heterocycles. The Hall–Kier alpha value is -1.10. The molecule has 17 heavy (non-hydrogen) atoms. The fourth-order valence-electron chi connectivity index (χ4n) is 2.32. The van der Waals surface area contributed by atoms with Gasteiger partial charge >= 0.3 is 5.97 Å². The molecule has 0 aromatic rings. The molecule has 98 valence electrons. The van der Waals surface area contributed by atoms with Gasteiger partial charge in [-0.1, -0.05) is 13.8 Å². The molecule has 1 fully saturated rings. The number of nitrogens with zero attached hydrogens (tertiary/aromatic N) is 2. The van der Waals surface area contributed by atoms with Crippen LogP contribution in [0.2, 0.25) is 0 Å². The largest absolute Gasteiger partial charge is 0.481 e. The first kappa shape index (κ1) is 14.0. The summed E-state index contributed by atoms with van der Waals surface area (Å²) < 4.78 is 0. The minimum atomic E-state index is -0.930. The fraction of sp³-hybridized carbons (Fsp3) is 0.833. The number of carboxylic acid groups (broad SMARTS) is 1. The van der Waals surface area contributed by atoms with Crippen molar-refractivity contribution in [2.75, 3.05) is 27.2 Å². The molecule has 0 aromatic carbocycles. The molecule has 1 aliphatic rings. The molecular formula is C12H22N2O3. The molecule has 1 heterocycles. The number of rotatable bonds is 4. The Balaban J connectivity index is 2.65. The number of carbonyl (C=O) groups excluding carboxylic acids is 1. The first-order chi connectivity index (χ1) is 7.74. The van der Waals surface area contributed by atoms with Crippen LogP contribution in [0.1, 0.15) is 26.7 Å². The van der Waals surface area contributed by atoms with Gasteiger partial charge < -0.3 is 14.9 Å². The first-order valence-corrected chi connectivity index (χ1v) is 5.91. The zero-order valence-corrected chi connectivity index (χ0v) is 11.1. The Morgan fingerprint density at radius 1 is 1.47 bits per heavy atom. The summed E-state index contributed by atoms with van der Waals surface area (Å²) in [6, 6.07) is 0.209. The van der Waals surface area contributed by atoms with Crippen LogP contribution in [0.15, 0.2) is 0 Å². The number of hydrogen-bond acceptors (Lipinski definition) is 3. The fourth-order valence-corrected chi connectivity index (χ4v) is 2.32. The van der Waals surface area contributed by atoms with Gasteiger partial charge in [-0.05, 0) is 20.0 Å². The number of hydrogen-bond donors (Lipinski definition) is 1. The predicted molar refractivity (Wildman–Crippen MR) is 64.7 cm³/mol. The molecule has 0 spiro atoms. The average Bonchev–Trinajstić information content (AvgIpc) is 2.60. The molecule has 1 unspecified atom stereocenters. The Labute approximate surface area is 102 Å². The number of likely N-dealkylation sites (N-methyl/N-ethyl adjacent to an activating group) is 2. The zero-order valence-electron chi connectivity index (χ0n) is 11.1. The van der Waals surface area contributed by atoms with E-state index in [1.165, 1.54) is 0 Å². The van der Waals surface area contributed by atoms with Crippen LogP contribution in [0.25, 0.3) is 0 Å². The Kier molecular flexibility index (Phi) is 4.14. The van der Waals surface area contributed by atoms with Gasteiger partial charge in [-0.25, -0.2) is 0 Å². The van der Waals surface area contributed by atoms with Gasteiger partial charge in [0, 0.05) is 19.6 Å². The minimum Gasteiger partial charge on any atom is -0.481 e. The van der Waals surface area contributed by atoms with E-state index in [2.05, 4.69) is 4.90 Å². The number of amides is 1. The van der Waals surface area contributed by atoms with E-state index in [4.69, 9.17) is 5.11 Å². The van der Waals surface area contributed by atoms with Crippen LogP contribution in [-0.4, -0.2) is 60.0 Å². The van der Waals surface area contributed by atoms with Gasteiger partial charge in [0.15, 0.2) is 0 Å². The van der Waals surface area contributed by atoms with Gasteiger partial charge in [-0.15, -0.1) is 0 Å². The van der Waals surface area contributed by atoms with E-state index >= 15 is 0 Å². The second-order valence-corrected chi connectivity index (χ2v) is 5.58. The van der Waals surface area contributed by atoms with Crippen LogP contribution >= 0.6 is 0 Å². The summed E-state index contributed by atoms with van der Waals surface area (Å²) in [7, 11) is 3.80. The molecule has 1 aliphatic heterocycles. The summed E-state index contributed by atoms with van der Waals surface area (Å²) >= 11 is 0. The van der Waals surface area contributed by atoms with Gasteiger partial charge in [0.1, 0.15) is 0 Å². The number of carbonyl (C=O) groups is 2.